The molecule has 0 aromatic rings. The molecular weight excluding hydrogens is 300 g/mol. The van der Waals surface area contributed by atoms with Gasteiger partial charge in [0.25, 0.3) is 0 Å². The molecule has 0 aromatic carbocycles. The number of likely N-dealkylation sites (tertiary alicyclic amines) is 1. The van der Waals surface area contributed by atoms with Crippen molar-refractivity contribution in [1.29, 1.82) is 0 Å². The van der Waals surface area contributed by atoms with Crippen LogP contribution in [0.3, 0.4) is 0 Å². The summed E-state index contributed by atoms with van der Waals surface area (Å²) >= 11 is 0. The van der Waals surface area contributed by atoms with Gasteiger partial charge < -0.3 is 15.5 Å². The molecule has 130 valence electrons. The van der Waals surface area contributed by atoms with E-state index >= 15 is 0 Å². The molecule has 0 aromatic heterocycles. The van der Waals surface area contributed by atoms with Gasteiger partial charge in [0.05, 0.1) is 6.04 Å². The third-order valence-electron chi connectivity index (χ3n) is 4.99. The fourth-order valence-electron chi connectivity index (χ4n) is 3.49. The van der Waals surface area contributed by atoms with Gasteiger partial charge in [-0.2, -0.15) is 0 Å². The minimum atomic E-state index is -0.300. The van der Waals surface area contributed by atoms with E-state index in [0.29, 0.717) is 6.04 Å². The largest absolute Gasteiger partial charge is 0.339 e. The number of piperidine rings is 1. The lowest BCUT2D eigenvalue weighted by atomic mass is 10.0. The van der Waals surface area contributed by atoms with E-state index in [2.05, 4.69) is 23.8 Å². The number of halogens is 1. The summed E-state index contributed by atoms with van der Waals surface area (Å²) in [5.41, 5.74) is 5.95. The van der Waals surface area contributed by atoms with E-state index in [0.717, 1.165) is 45.6 Å². The minimum absolute atomic E-state index is 0. The van der Waals surface area contributed by atoms with Gasteiger partial charge in [0.2, 0.25) is 5.91 Å². The Balaban J connectivity index is 0.00000242. The summed E-state index contributed by atoms with van der Waals surface area (Å²) < 4.78 is 0. The van der Waals surface area contributed by atoms with Crippen LogP contribution in [0, 0.1) is 0 Å². The molecule has 0 radical (unpaired) electrons. The van der Waals surface area contributed by atoms with Crippen LogP contribution in [-0.2, 0) is 4.79 Å². The first-order valence-corrected chi connectivity index (χ1v) is 8.58. The maximum Gasteiger partial charge on any atom is 0.239 e. The second-order valence-electron chi connectivity index (χ2n) is 6.65. The third kappa shape index (κ3) is 5.37. The van der Waals surface area contributed by atoms with Crippen molar-refractivity contribution >= 4 is 18.3 Å². The lowest BCUT2D eigenvalue weighted by molar-refractivity contribution is -0.134. The summed E-state index contributed by atoms with van der Waals surface area (Å²) in [5.74, 6) is 0.145. The van der Waals surface area contributed by atoms with E-state index in [1.807, 2.05) is 4.90 Å². The summed E-state index contributed by atoms with van der Waals surface area (Å²) in [6.07, 6.45) is 5.79. The van der Waals surface area contributed by atoms with Crippen LogP contribution in [0.2, 0.25) is 0 Å². The third-order valence-corrected chi connectivity index (χ3v) is 4.99. The zero-order valence-corrected chi connectivity index (χ0v) is 15.0. The Labute approximate surface area is 141 Å². The van der Waals surface area contributed by atoms with Crippen molar-refractivity contribution in [2.75, 3.05) is 46.3 Å². The smallest absolute Gasteiger partial charge is 0.239 e. The molecular formula is C16H33ClN4O. The predicted molar refractivity (Wildman–Crippen MR) is 93.4 cm³/mol. The molecule has 2 rings (SSSR count). The summed E-state index contributed by atoms with van der Waals surface area (Å²) in [4.78, 5) is 19.2. The first-order chi connectivity index (χ1) is 10.1. The molecule has 2 aliphatic heterocycles. The summed E-state index contributed by atoms with van der Waals surface area (Å²) in [6.45, 7) is 8.13. The monoisotopic (exact) mass is 332 g/mol. The highest BCUT2D eigenvalue weighted by molar-refractivity contribution is 5.85. The number of rotatable bonds is 5. The fraction of sp³-hybridized carbons (Fsp3) is 0.938. The van der Waals surface area contributed by atoms with Gasteiger partial charge in [-0.25, -0.2) is 0 Å². The van der Waals surface area contributed by atoms with Crippen LogP contribution in [0.5, 0.6) is 0 Å². The predicted octanol–water partition coefficient (Wildman–Crippen LogP) is 1.16. The number of likely N-dealkylation sites (N-methyl/N-ethyl adjacent to an activating group) is 1. The van der Waals surface area contributed by atoms with E-state index in [-0.39, 0.29) is 24.4 Å². The van der Waals surface area contributed by atoms with Crippen molar-refractivity contribution in [1.82, 2.24) is 14.7 Å². The van der Waals surface area contributed by atoms with Crippen LogP contribution in [-0.4, -0.2) is 79.0 Å². The van der Waals surface area contributed by atoms with Gasteiger partial charge in [0.1, 0.15) is 0 Å². The van der Waals surface area contributed by atoms with Crippen molar-refractivity contribution in [2.24, 2.45) is 5.73 Å². The quantitative estimate of drug-likeness (QED) is 0.821. The SMILES string of the molecule is CCCC(N)C(=O)N1CCN(CC2CCCCN2C)CC1.Cl. The fourth-order valence-corrected chi connectivity index (χ4v) is 3.49. The van der Waals surface area contributed by atoms with Gasteiger partial charge in [-0.05, 0) is 32.9 Å². The number of amides is 1. The molecule has 0 bridgehead atoms. The van der Waals surface area contributed by atoms with E-state index in [1.165, 1.54) is 25.8 Å². The van der Waals surface area contributed by atoms with Gasteiger partial charge in [0.15, 0.2) is 0 Å². The van der Waals surface area contributed by atoms with Gasteiger partial charge >= 0.3 is 0 Å². The summed E-state index contributed by atoms with van der Waals surface area (Å²) in [6, 6.07) is 0.398. The van der Waals surface area contributed by atoms with Crippen LogP contribution < -0.4 is 5.73 Å². The highest BCUT2D eigenvalue weighted by Crippen LogP contribution is 2.17. The van der Waals surface area contributed by atoms with Crippen molar-refractivity contribution < 1.29 is 4.79 Å². The topological polar surface area (TPSA) is 52.8 Å². The van der Waals surface area contributed by atoms with Crippen LogP contribution in [0.25, 0.3) is 0 Å². The average molecular weight is 333 g/mol. The zero-order valence-electron chi connectivity index (χ0n) is 14.2. The highest BCUT2D eigenvalue weighted by atomic mass is 35.5. The summed E-state index contributed by atoms with van der Waals surface area (Å²) in [7, 11) is 2.24. The van der Waals surface area contributed by atoms with E-state index in [4.69, 9.17) is 5.73 Å². The Bertz CT molecular complexity index is 334. The lowest BCUT2D eigenvalue weighted by Gasteiger charge is -2.40. The number of hydrogen-bond acceptors (Lipinski definition) is 4. The zero-order chi connectivity index (χ0) is 15.2. The number of piperazine rings is 1. The normalized spacial score (nSPS) is 25.6. The van der Waals surface area contributed by atoms with E-state index in [1.54, 1.807) is 0 Å². The molecule has 2 N–H and O–H groups in total. The second kappa shape index (κ2) is 9.71. The Morgan fingerprint density at radius 2 is 1.86 bits per heavy atom. The van der Waals surface area contributed by atoms with Crippen molar-refractivity contribution in [3.05, 3.63) is 0 Å². The molecule has 1 amide bonds. The molecule has 0 spiro atoms. The Morgan fingerprint density at radius 3 is 2.45 bits per heavy atom. The molecule has 2 saturated heterocycles. The molecule has 22 heavy (non-hydrogen) atoms. The standard InChI is InChI=1S/C16H32N4O.ClH/c1-3-6-15(17)16(21)20-11-9-19(10-12-20)13-14-7-4-5-8-18(14)2;/h14-15H,3-13,17H2,1-2H3;1H. The van der Waals surface area contributed by atoms with Gasteiger partial charge in [-0.1, -0.05) is 19.8 Å². The molecule has 2 aliphatic rings. The number of carbonyl (C=O) groups excluding carboxylic acids is 1. The Kier molecular flexibility index (Phi) is 8.69. The Morgan fingerprint density at radius 1 is 1.18 bits per heavy atom. The van der Waals surface area contributed by atoms with Crippen molar-refractivity contribution in [3.8, 4) is 0 Å². The molecule has 2 atom stereocenters. The average Bonchev–Trinajstić information content (AvgIpc) is 2.50. The van der Waals surface area contributed by atoms with Crippen LogP contribution in [0.15, 0.2) is 0 Å². The number of nitrogens with zero attached hydrogens (tertiary/aromatic N) is 3. The van der Waals surface area contributed by atoms with E-state index < -0.39 is 0 Å². The van der Waals surface area contributed by atoms with Crippen molar-refractivity contribution in [3.63, 3.8) is 0 Å². The van der Waals surface area contributed by atoms with Crippen LogP contribution >= 0.6 is 12.4 Å². The Hall–Kier alpha value is -0.360. The molecule has 2 fully saturated rings. The summed E-state index contributed by atoms with van der Waals surface area (Å²) in [5, 5.41) is 0. The van der Waals surface area contributed by atoms with Gasteiger partial charge in [-0.3, -0.25) is 9.69 Å². The maximum absolute atomic E-state index is 12.2. The first kappa shape index (κ1) is 19.7. The lowest BCUT2D eigenvalue weighted by Crippen LogP contribution is -2.55. The van der Waals surface area contributed by atoms with Gasteiger partial charge in [-0.15, -0.1) is 12.4 Å². The molecule has 0 aliphatic carbocycles. The minimum Gasteiger partial charge on any atom is -0.339 e. The van der Waals surface area contributed by atoms with Crippen LogP contribution in [0.4, 0.5) is 0 Å². The number of hydrogen-bond donors (Lipinski definition) is 1. The highest BCUT2D eigenvalue weighted by Gasteiger charge is 2.27. The molecule has 5 nitrogen and oxygen atoms in total. The maximum atomic E-state index is 12.2. The number of nitrogens with two attached hydrogens (primary N) is 1. The second-order valence-corrected chi connectivity index (χ2v) is 6.65. The molecule has 2 heterocycles. The van der Waals surface area contributed by atoms with Crippen LogP contribution in [0.1, 0.15) is 39.0 Å². The van der Waals surface area contributed by atoms with E-state index in [9.17, 15) is 4.79 Å². The molecule has 2 unspecified atom stereocenters. The molecule has 6 heteroatoms. The first-order valence-electron chi connectivity index (χ1n) is 8.58. The van der Waals surface area contributed by atoms with Crippen molar-refractivity contribution in [2.45, 2.75) is 51.1 Å². The van der Waals surface area contributed by atoms with Gasteiger partial charge in [0, 0.05) is 38.8 Å². The number of carbonyl (C=O) groups is 1. The molecule has 0 saturated carbocycles.